The lowest BCUT2D eigenvalue weighted by Crippen LogP contribution is -2.44. The van der Waals surface area contributed by atoms with Gasteiger partial charge in [0.2, 0.25) is 0 Å². The maximum Gasteiger partial charge on any atom is 0.251 e. The summed E-state index contributed by atoms with van der Waals surface area (Å²) in [6.07, 6.45) is 5.44. The van der Waals surface area contributed by atoms with E-state index in [4.69, 9.17) is 9.47 Å². The first-order valence-corrected chi connectivity index (χ1v) is 11.8. The summed E-state index contributed by atoms with van der Waals surface area (Å²) in [4.78, 5) is 19.1. The quantitative estimate of drug-likeness (QED) is 0.413. The molecule has 0 radical (unpaired) electrons. The monoisotopic (exact) mass is 481 g/mol. The van der Waals surface area contributed by atoms with Crippen LogP contribution in [0.25, 0.3) is 0 Å². The molecule has 7 heteroatoms. The molecule has 0 aromatic heterocycles. The Morgan fingerprint density at radius 2 is 1.74 bits per heavy atom. The lowest BCUT2D eigenvalue weighted by Gasteiger charge is -2.34. The highest BCUT2D eigenvalue weighted by atomic mass is 19.1. The molecule has 2 aromatic carbocycles. The van der Waals surface area contributed by atoms with Crippen LogP contribution in [-0.2, 0) is 0 Å². The molecule has 0 unspecified atom stereocenters. The summed E-state index contributed by atoms with van der Waals surface area (Å²) >= 11 is 0. The van der Waals surface area contributed by atoms with E-state index in [1.807, 2.05) is 50.3 Å². The number of amides is 1. The van der Waals surface area contributed by atoms with Gasteiger partial charge in [-0.1, -0.05) is 32.6 Å². The molecule has 6 nitrogen and oxygen atoms in total. The number of piperidine rings is 1. The van der Waals surface area contributed by atoms with Gasteiger partial charge in [0.15, 0.2) is 11.6 Å². The number of nitrogens with zero attached hydrogens (tertiary/aromatic N) is 2. The number of para-hydroxylation sites is 1. The summed E-state index contributed by atoms with van der Waals surface area (Å²) in [7, 11) is 4.78. The van der Waals surface area contributed by atoms with Gasteiger partial charge in [-0.25, -0.2) is 4.39 Å². The number of rotatable bonds is 8. The van der Waals surface area contributed by atoms with Crippen LogP contribution in [0.15, 0.2) is 71.9 Å². The molecular formula is C28H36FN3O3. The molecule has 2 aromatic rings. The minimum Gasteiger partial charge on any atom is -0.496 e. The average molecular weight is 482 g/mol. The van der Waals surface area contributed by atoms with E-state index >= 15 is 0 Å². The number of allylic oxidation sites excluding steroid dienone is 2. The zero-order chi connectivity index (χ0) is 25.8. The lowest BCUT2D eigenvalue weighted by molar-refractivity contribution is 0.0918. The van der Waals surface area contributed by atoms with E-state index in [9.17, 15) is 9.18 Å². The van der Waals surface area contributed by atoms with E-state index in [0.717, 1.165) is 48.7 Å². The van der Waals surface area contributed by atoms with Crippen LogP contribution in [0.2, 0.25) is 0 Å². The largest absolute Gasteiger partial charge is 0.496 e. The molecule has 1 N–H and O–H groups in total. The number of carbonyl (C=O) groups excluding carboxylic acids is 1. The lowest BCUT2D eigenvalue weighted by atomic mass is 10.0. The van der Waals surface area contributed by atoms with Gasteiger partial charge in [-0.3, -0.25) is 9.79 Å². The highest BCUT2D eigenvalue weighted by Gasteiger charge is 2.22. The van der Waals surface area contributed by atoms with E-state index in [2.05, 4.69) is 21.8 Å². The van der Waals surface area contributed by atoms with E-state index in [-0.39, 0.29) is 23.3 Å². The molecule has 0 saturated carbocycles. The summed E-state index contributed by atoms with van der Waals surface area (Å²) in [6, 6.07) is 12.0. The van der Waals surface area contributed by atoms with Gasteiger partial charge in [-0.05, 0) is 55.3 Å². The third kappa shape index (κ3) is 7.44. The highest BCUT2D eigenvalue weighted by molar-refractivity contribution is 6.10. The van der Waals surface area contributed by atoms with Gasteiger partial charge >= 0.3 is 0 Å². The van der Waals surface area contributed by atoms with E-state index in [1.54, 1.807) is 20.2 Å². The van der Waals surface area contributed by atoms with Crippen LogP contribution in [0.4, 0.5) is 4.39 Å². The molecule has 1 fully saturated rings. The van der Waals surface area contributed by atoms with Gasteiger partial charge < -0.3 is 19.7 Å². The van der Waals surface area contributed by atoms with Crippen molar-refractivity contribution >= 4 is 11.6 Å². The van der Waals surface area contributed by atoms with Gasteiger partial charge in [-0.15, -0.1) is 0 Å². The summed E-state index contributed by atoms with van der Waals surface area (Å²) in [5, 5.41) is 3.00. The third-order valence-electron chi connectivity index (χ3n) is 5.71. The first-order chi connectivity index (χ1) is 17.0. The third-order valence-corrected chi connectivity index (χ3v) is 5.71. The number of ether oxygens (including phenoxy) is 2. The molecule has 1 aliphatic heterocycles. The molecule has 1 amide bonds. The van der Waals surface area contributed by atoms with Crippen molar-refractivity contribution < 1.29 is 18.7 Å². The van der Waals surface area contributed by atoms with Gasteiger partial charge in [-0.2, -0.15) is 0 Å². The molecular weight excluding hydrogens is 445 g/mol. The number of methoxy groups -OCH3 is 2. The first kappa shape index (κ1) is 27.6. The van der Waals surface area contributed by atoms with Crippen molar-refractivity contribution in [2.24, 2.45) is 4.99 Å². The second kappa shape index (κ2) is 13.9. The zero-order valence-corrected chi connectivity index (χ0v) is 21.3. The molecule has 0 atom stereocenters. The molecule has 0 aliphatic carbocycles. The number of benzene rings is 2. The number of hydrogen-bond acceptors (Lipinski definition) is 5. The molecule has 0 bridgehead atoms. The molecule has 0 spiro atoms. The Kier molecular flexibility index (Phi) is 11.0. The predicted molar refractivity (Wildman–Crippen MR) is 140 cm³/mol. The summed E-state index contributed by atoms with van der Waals surface area (Å²) < 4.78 is 24.2. The predicted octanol–water partition coefficient (Wildman–Crippen LogP) is 5.25. The van der Waals surface area contributed by atoms with Crippen molar-refractivity contribution in [3.05, 3.63) is 83.8 Å². The Hall–Kier alpha value is -3.61. The van der Waals surface area contributed by atoms with Crippen molar-refractivity contribution in [2.45, 2.75) is 32.7 Å². The van der Waals surface area contributed by atoms with Gasteiger partial charge in [0.25, 0.3) is 5.91 Å². The number of likely N-dealkylation sites (tertiary alicyclic amines) is 1. The second-order valence-corrected chi connectivity index (χ2v) is 7.72. The van der Waals surface area contributed by atoms with Crippen LogP contribution in [-0.4, -0.2) is 56.9 Å². The minimum atomic E-state index is -0.550. The summed E-state index contributed by atoms with van der Waals surface area (Å²) in [6.45, 7) is 9.72. The Bertz CT molecular complexity index is 1060. The van der Waals surface area contributed by atoms with Crippen molar-refractivity contribution in [1.29, 1.82) is 0 Å². The standard InChI is InChI=1S/C26H30FN3O3.C2H6/c1-18(9-11-23(28-2)21-7-5-6-8-24(21)32-3)30-15-13-20(14-16-30)29-26(31)19-10-12-25(33-4)22(27)17-19;1-2/h5-12,17,20H,1,13-16H2,2-4H3,(H,29,31);1-2H3/b11-9-,28-23?;. The maximum absolute atomic E-state index is 13.9. The fourth-order valence-corrected chi connectivity index (χ4v) is 3.81. The number of nitrogens with one attached hydrogen (secondary N) is 1. The van der Waals surface area contributed by atoms with Crippen molar-refractivity contribution in [2.75, 3.05) is 34.4 Å². The zero-order valence-electron chi connectivity index (χ0n) is 21.3. The number of hydrogen-bond donors (Lipinski definition) is 1. The van der Waals surface area contributed by atoms with Crippen molar-refractivity contribution in [3.8, 4) is 11.5 Å². The summed E-state index contributed by atoms with van der Waals surface area (Å²) in [5.74, 6) is 0.0515. The SMILES string of the molecule is C=C(/C=C\C(=NC)c1ccccc1OC)N1CCC(NC(=O)c2ccc(OC)c(F)c2)CC1.CC. The fourth-order valence-electron chi connectivity index (χ4n) is 3.81. The number of halogens is 1. The van der Waals surface area contributed by atoms with Gasteiger partial charge in [0.1, 0.15) is 5.75 Å². The van der Waals surface area contributed by atoms with Crippen molar-refractivity contribution in [1.82, 2.24) is 10.2 Å². The van der Waals surface area contributed by atoms with E-state index in [0.29, 0.717) is 0 Å². The number of carbonyl (C=O) groups is 1. The molecule has 3 rings (SSSR count). The Morgan fingerprint density at radius 1 is 1.09 bits per heavy atom. The molecule has 1 aliphatic rings. The average Bonchev–Trinajstić information content (AvgIpc) is 2.90. The summed E-state index contributed by atoms with van der Waals surface area (Å²) in [5.41, 5.74) is 2.89. The highest BCUT2D eigenvalue weighted by Crippen LogP contribution is 2.21. The first-order valence-electron chi connectivity index (χ1n) is 11.8. The van der Waals surface area contributed by atoms with Crippen LogP contribution in [0.3, 0.4) is 0 Å². The van der Waals surface area contributed by atoms with Gasteiger partial charge in [0, 0.05) is 43.0 Å². The molecule has 1 heterocycles. The normalized spacial score (nSPS) is 14.2. The van der Waals surface area contributed by atoms with Crippen molar-refractivity contribution in [3.63, 3.8) is 0 Å². The Balaban J connectivity index is 0.00000210. The van der Waals surface area contributed by atoms with Gasteiger partial charge in [0.05, 0.1) is 19.9 Å². The fraction of sp³-hybridized carbons (Fsp3) is 0.357. The minimum absolute atomic E-state index is 0.0250. The maximum atomic E-state index is 13.9. The Labute approximate surface area is 208 Å². The van der Waals surface area contributed by atoms with Crippen LogP contribution < -0.4 is 14.8 Å². The van der Waals surface area contributed by atoms with Crippen LogP contribution in [0, 0.1) is 5.82 Å². The van der Waals surface area contributed by atoms with E-state index < -0.39 is 5.82 Å². The number of aliphatic imine (C=N–C) groups is 1. The molecule has 35 heavy (non-hydrogen) atoms. The topological polar surface area (TPSA) is 63.2 Å². The molecule has 188 valence electrons. The smallest absolute Gasteiger partial charge is 0.251 e. The van der Waals surface area contributed by atoms with Crippen LogP contribution in [0.5, 0.6) is 11.5 Å². The Morgan fingerprint density at radius 3 is 2.34 bits per heavy atom. The van der Waals surface area contributed by atoms with E-state index in [1.165, 1.54) is 19.2 Å². The van der Waals surface area contributed by atoms with Crippen LogP contribution in [0.1, 0.15) is 42.6 Å². The van der Waals surface area contributed by atoms with Crippen LogP contribution >= 0.6 is 0 Å². The second-order valence-electron chi connectivity index (χ2n) is 7.72. The molecule has 1 saturated heterocycles.